The number of anilines is 1. The third-order valence-corrected chi connectivity index (χ3v) is 5.97. The minimum absolute atomic E-state index is 0.206. The molecule has 4 rings (SSSR count). The number of benzene rings is 2. The van der Waals surface area contributed by atoms with Crippen molar-refractivity contribution in [2.75, 3.05) is 18.4 Å². The Morgan fingerprint density at radius 1 is 1.23 bits per heavy atom. The molecule has 1 aromatic heterocycles. The highest BCUT2D eigenvalue weighted by Gasteiger charge is 2.40. The van der Waals surface area contributed by atoms with Crippen molar-refractivity contribution in [3.63, 3.8) is 0 Å². The van der Waals surface area contributed by atoms with Gasteiger partial charge >= 0.3 is 12.2 Å². The summed E-state index contributed by atoms with van der Waals surface area (Å²) in [5, 5.41) is 19.9. The van der Waals surface area contributed by atoms with Crippen molar-refractivity contribution in [2.45, 2.75) is 24.4 Å². The molecule has 1 aliphatic rings. The number of hydrogen-bond acceptors (Lipinski definition) is 3. The molecule has 0 atom stereocenters. The van der Waals surface area contributed by atoms with Gasteiger partial charge in [0, 0.05) is 18.5 Å². The Bertz CT molecular complexity index is 1180. The van der Waals surface area contributed by atoms with Crippen LogP contribution in [0.1, 0.15) is 24.0 Å². The molecule has 2 N–H and O–H groups in total. The molecule has 31 heavy (non-hydrogen) atoms. The monoisotopic (exact) mass is 447 g/mol. The molecular formula is C21H17ClF3N5O. The van der Waals surface area contributed by atoms with E-state index >= 15 is 0 Å². The van der Waals surface area contributed by atoms with Crippen LogP contribution in [0.4, 0.5) is 23.8 Å². The normalized spacial score (nSPS) is 16.2. The zero-order valence-corrected chi connectivity index (χ0v) is 16.9. The number of nitriles is 1. The number of aromatic amines is 1. The molecule has 0 saturated carbocycles. The van der Waals surface area contributed by atoms with E-state index in [1.807, 2.05) is 24.3 Å². The molecule has 6 nitrogen and oxygen atoms in total. The lowest BCUT2D eigenvalue weighted by Crippen LogP contribution is -2.46. The number of fused-ring (bicyclic) bond motifs is 1. The van der Waals surface area contributed by atoms with Gasteiger partial charge in [0.2, 0.25) is 0 Å². The number of likely N-dealkylation sites (tertiary alicyclic amines) is 1. The maximum atomic E-state index is 13.2. The van der Waals surface area contributed by atoms with E-state index in [9.17, 15) is 23.2 Å². The molecule has 1 aliphatic heterocycles. The number of amides is 2. The standard InChI is InChI=1S/C21H17ClF3N5O/c22-16-6-5-13(11-15(16)21(23,24)25)20(12-26)7-9-30(10-8-20)19(31)27-18-14-3-1-2-4-17(14)28-29-18/h1-6,11H,7-10H2,(H2,27,28,29,31). The van der Waals surface area contributed by atoms with Crippen LogP contribution in [0.3, 0.4) is 0 Å². The lowest BCUT2D eigenvalue weighted by molar-refractivity contribution is -0.137. The largest absolute Gasteiger partial charge is 0.417 e. The molecule has 2 heterocycles. The Kier molecular flexibility index (Phi) is 5.27. The number of nitrogens with one attached hydrogen (secondary N) is 2. The molecule has 160 valence electrons. The Balaban J connectivity index is 1.50. The second kappa shape index (κ2) is 7.78. The maximum absolute atomic E-state index is 13.2. The fraction of sp³-hybridized carbons (Fsp3) is 0.286. The first kappa shape index (κ1) is 21.0. The minimum Gasteiger partial charge on any atom is -0.324 e. The predicted molar refractivity (Wildman–Crippen MR) is 110 cm³/mol. The van der Waals surface area contributed by atoms with Crippen LogP contribution >= 0.6 is 11.6 Å². The van der Waals surface area contributed by atoms with Crippen molar-refractivity contribution in [1.82, 2.24) is 15.1 Å². The van der Waals surface area contributed by atoms with Gasteiger partial charge in [-0.15, -0.1) is 0 Å². The Morgan fingerprint density at radius 2 is 1.94 bits per heavy atom. The van der Waals surface area contributed by atoms with Crippen LogP contribution in [0, 0.1) is 11.3 Å². The van der Waals surface area contributed by atoms with Crippen molar-refractivity contribution in [3.05, 3.63) is 58.6 Å². The zero-order chi connectivity index (χ0) is 22.2. The highest BCUT2D eigenvalue weighted by Crippen LogP contribution is 2.41. The third kappa shape index (κ3) is 3.91. The molecular weight excluding hydrogens is 431 g/mol. The summed E-state index contributed by atoms with van der Waals surface area (Å²) in [4.78, 5) is 14.2. The molecule has 10 heteroatoms. The molecule has 2 aromatic carbocycles. The summed E-state index contributed by atoms with van der Waals surface area (Å²) in [6.45, 7) is 0.428. The van der Waals surface area contributed by atoms with Gasteiger partial charge in [-0.25, -0.2) is 4.79 Å². The lowest BCUT2D eigenvalue weighted by atomic mass is 9.73. The van der Waals surface area contributed by atoms with Crippen molar-refractivity contribution in [2.24, 2.45) is 0 Å². The first-order valence-corrected chi connectivity index (χ1v) is 9.89. The summed E-state index contributed by atoms with van der Waals surface area (Å²) in [6, 6.07) is 12.7. The van der Waals surface area contributed by atoms with Crippen molar-refractivity contribution >= 4 is 34.4 Å². The molecule has 0 aliphatic carbocycles. The van der Waals surface area contributed by atoms with Gasteiger partial charge < -0.3 is 4.90 Å². The number of nitrogens with zero attached hydrogens (tertiary/aromatic N) is 3. The Hall–Kier alpha value is -3.25. The average Bonchev–Trinajstić information content (AvgIpc) is 3.16. The number of rotatable bonds is 2. The number of piperidine rings is 1. The number of alkyl halides is 3. The fourth-order valence-electron chi connectivity index (χ4n) is 3.84. The van der Waals surface area contributed by atoms with Gasteiger partial charge in [0.15, 0.2) is 5.82 Å². The maximum Gasteiger partial charge on any atom is 0.417 e. The van der Waals surface area contributed by atoms with E-state index < -0.39 is 22.2 Å². The Morgan fingerprint density at radius 3 is 2.61 bits per heavy atom. The molecule has 0 radical (unpaired) electrons. The summed E-state index contributed by atoms with van der Waals surface area (Å²) in [6.07, 6.45) is -4.20. The van der Waals surface area contributed by atoms with E-state index in [2.05, 4.69) is 21.6 Å². The van der Waals surface area contributed by atoms with Crippen LogP contribution in [0.15, 0.2) is 42.5 Å². The van der Waals surface area contributed by atoms with E-state index in [0.717, 1.165) is 17.0 Å². The van der Waals surface area contributed by atoms with Crippen LogP contribution in [-0.4, -0.2) is 34.2 Å². The van der Waals surface area contributed by atoms with E-state index in [1.165, 1.54) is 17.0 Å². The van der Waals surface area contributed by atoms with Gasteiger partial charge in [0.25, 0.3) is 0 Å². The van der Waals surface area contributed by atoms with Gasteiger partial charge in [-0.05, 0) is 42.7 Å². The number of hydrogen-bond donors (Lipinski definition) is 2. The molecule has 1 fully saturated rings. The summed E-state index contributed by atoms with van der Waals surface area (Å²) in [5.74, 6) is 0.394. The highest BCUT2D eigenvalue weighted by atomic mass is 35.5. The minimum atomic E-state index is -4.61. The van der Waals surface area contributed by atoms with Crippen LogP contribution < -0.4 is 5.32 Å². The second-order valence-electron chi connectivity index (χ2n) is 7.42. The van der Waals surface area contributed by atoms with Crippen LogP contribution in [0.25, 0.3) is 10.9 Å². The molecule has 1 saturated heterocycles. The number of para-hydroxylation sites is 1. The first-order chi connectivity index (χ1) is 14.7. The van der Waals surface area contributed by atoms with Crippen molar-refractivity contribution in [1.29, 1.82) is 5.26 Å². The van der Waals surface area contributed by atoms with Crippen LogP contribution in [-0.2, 0) is 11.6 Å². The van der Waals surface area contributed by atoms with Gasteiger partial charge in [-0.1, -0.05) is 29.8 Å². The van der Waals surface area contributed by atoms with Crippen molar-refractivity contribution in [3.8, 4) is 6.07 Å². The Labute approximate surface area is 180 Å². The first-order valence-electron chi connectivity index (χ1n) is 9.51. The quantitative estimate of drug-likeness (QED) is 0.557. The molecule has 2 amide bonds. The summed E-state index contributed by atoms with van der Waals surface area (Å²) in [7, 11) is 0. The van der Waals surface area contributed by atoms with E-state index in [1.54, 1.807) is 0 Å². The van der Waals surface area contributed by atoms with Gasteiger partial charge in [0.05, 0.1) is 27.6 Å². The number of urea groups is 1. The molecule has 0 bridgehead atoms. The SMILES string of the molecule is N#CC1(c2ccc(Cl)c(C(F)(F)F)c2)CCN(C(=O)Nc2n[nH]c3ccccc23)CC1. The number of carbonyl (C=O) groups excluding carboxylic acids is 1. The fourth-order valence-corrected chi connectivity index (χ4v) is 4.06. The third-order valence-electron chi connectivity index (χ3n) is 5.64. The van der Waals surface area contributed by atoms with Crippen molar-refractivity contribution < 1.29 is 18.0 Å². The average molecular weight is 448 g/mol. The van der Waals surface area contributed by atoms with Gasteiger partial charge in [0.1, 0.15) is 0 Å². The van der Waals surface area contributed by atoms with E-state index in [-0.39, 0.29) is 37.5 Å². The van der Waals surface area contributed by atoms with E-state index in [0.29, 0.717) is 5.82 Å². The lowest BCUT2D eigenvalue weighted by Gasteiger charge is -2.37. The number of aromatic nitrogens is 2. The molecule has 0 unspecified atom stereocenters. The predicted octanol–water partition coefficient (Wildman–Crippen LogP) is 5.32. The van der Waals surface area contributed by atoms with Crippen LogP contribution in [0.2, 0.25) is 5.02 Å². The molecule has 0 spiro atoms. The smallest absolute Gasteiger partial charge is 0.324 e. The zero-order valence-electron chi connectivity index (χ0n) is 16.1. The highest BCUT2D eigenvalue weighted by molar-refractivity contribution is 6.31. The van der Waals surface area contributed by atoms with Gasteiger partial charge in [-0.3, -0.25) is 10.4 Å². The molecule has 3 aromatic rings. The second-order valence-corrected chi connectivity index (χ2v) is 7.83. The summed E-state index contributed by atoms with van der Waals surface area (Å²) >= 11 is 5.71. The number of halogens is 4. The number of H-pyrrole nitrogens is 1. The van der Waals surface area contributed by atoms with E-state index in [4.69, 9.17) is 11.6 Å². The van der Waals surface area contributed by atoms with Crippen LogP contribution in [0.5, 0.6) is 0 Å². The van der Waals surface area contributed by atoms with Gasteiger partial charge in [-0.2, -0.15) is 23.5 Å². The topological polar surface area (TPSA) is 84.8 Å². The number of carbonyl (C=O) groups is 1. The summed E-state index contributed by atoms with van der Waals surface area (Å²) in [5.41, 5.74) is -1.06. The summed E-state index contributed by atoms with van der Waals surface area (Å²) < 4.78 is 39.7.